The van der Waals surface area contributed by atoms with Crippen molar-refractivity contribution in [2.75, 3.05) is 0 Å². The van der Waals surface area contributed by atoms with Crippen molar-refractivity contribution in [1.82, 2.24) is 4.98 Å². The Morgan fingerprint density at radius 2 is 2.33 bits per heavy atom. The number of rotatable bonds is 1. The van der Waals surface area contributed by atoms with Crippen molar-refractivity contribution in [3.63, 3.8) is 0 Å². The molecule has 3 heteroatoms. The summed E-state index contributed by atoms with van der Waals surface area (Å²) < 4.78 is 0. The summed E-state index contributed by atoms with van der Waals surface area (Å²) in [6.07, 6.45) is 0. The number of aromatic nitrogens is 1. The highest BCUT2D eigenvalue weighted by Gasteiger charge is 1.99. The largest absolute Gasteiger partial charge is 0.495 e. The lowest BCUT2D eigenvalue weighted by Gasteiger charge is -1.98. The van der Waals surface area contributed by atoms with Crippen LogP contribution in [-0.2, 0) is 0 Å². The maximum Gasteiger partial charge on any atom is 0.188 e. The molecule has 0 saturated carbocycles. The third-order valence-electron chi connectivity index (χ3n) is 1.18. The minimum absolute atomic E-state index is 0.0362. The highest BCUT2D eigenvalue weighted by Crippen LogP contribution is 2.12. The number of aromatic hydroxyl groups is 1. The van der Waals surface area contributed by atoms with E-state index in [9.17, 15) is 0 Å². The zero-order chi connectivity index (χ0) is 6.85. The third kappa shape index (κ3) is 1.23. The summed E-state index contributed by atoms with van der Waals surface area (Å²) in [4.78, 5) is 2.71. The number of aromatic amines is 1. The highest BCUT2D eigenvalue weighted by atomic mass is 16.3. The van der Waals surface area contributed by atoms with Crippen molar-refractivity contribution >= 4 is 0 Å². The van der Waals surface area contributed by atoms with Crippen LogP contribution in [0.3, 0.4) is 0 Å². The van der Waals surface area contributed by atoms with Gasteiger partial charge >= 0.3 is 0 Å². The van der Waals surface area contributed by atoms with Gasteiger partial charge in [0.2, 0.25) is 0 Å². The van der Waals surface area contributed by atoms with Gasteiger partial charge in [-0.2, -0.15) is 0 Å². The minimum Gasteiger partial charge on any atom is -0.495 e. The quantitative estimate of drug-likeness (QED) is 0.519. The summed E-state index contributed by atoms with van der Waals surface area (Å²) in [5.74, 6) is 0.169. The Morgan fingerprint density at radius 1 is 1.67 bits per heavy atom. The third-order valence-corrected chi connectivity index (χ3v) is 1.18. The van der Waals surface area contributed by atoms with E-state index < -0.39 is 0 Å². The number of hydrogen-bond donors (Lipinski definition) is 3. The van der Waals surface area contributed by atoms with E-state index in [1.54, 1.807) is 12.1 Å². The molecule has 9 heavy (non-hydrogen) atoms. The molecule has 3 nitrogen and oxygen atoms in total. The molecule has 0 radical (unpaired) electrons. The molecule has 0 saturated heterocycles. The molecule has 0 unspecified atom stereocenters. The van der Waals surface area contributed by atoms with Gasteiger partial charge in [0.15, 0.2) is 5.88 Å². The van der Waals surface area contributed by atoms with Gasteiger partial charge in [-0.15, -0.1) is 0 Å². The van der Waals surface area contributed by atoms with Crippen LogP contribution >= 0.6 is 0 Å². The number of nitrogens with one attached hydrogen (secondary N) is 1. The highest BCUT2D eigenvalue weighted by molar-refractivity contribution is 5.18. The van der Waals surface area contributed by atoms with E-state index in [4.69, 9.17) is 10.8 Å². The van der Waals surface area contributed by atoms with Crippen molar-refractivity contribution in [1.29, 1.82) is 0 Å². The molecule has 0 aliphatic carbocycles. The number of hydrogen-bond acceptors (Lipinski definition) is 2. The molecule has 1 rings (SSSR count). The van der Waals surface area contributed by atoms with Gasteiger partial charge in [-0.25, -0.2) is 0 Å². The lowest BCUT2D eigenvalue weighted by atomic mass is 10.3. The first kappa shape index (κ1) is 6.16. The summed E-state index contributed by atoms with van der Waals surface area (Å²) in [6.45, 7) is 1.85. The van der Waals surface area contributed by atoms with Crippen LogP contribution in [0.25, 0.3) is 0 Å². The fraction of sp³-hybridized carbons (Fsp3) is 0.333. The summed E-state index contributed by atoms with van der Waals surface area (Å²) in [6, 6.07) is 3.31. The molecule has 0 aliphatic rings. The molecule has 0 bridgehead atoms. The summed E-state index contributed by atoms with van der Waals surface area (Å²) in [5.41, 5.74) is 6.34. The summed E-state index contributed by atoms with van der Waals surface area (Å²) >= 11 is 0. The average Bonchev–Trinajstić information content (AvgIpc) is 2.14. The average molecular weight is 126 g/mol. The topological polar surface area (TPSA) is 62.0 Å². The molecule has 1 atom stereocenters. The van der Waals surface area contributed by atoms with Crippen LogP contribution in [0, 0.1) is 0 Å². The standard InChI is InChI=1S/C6H10N2O/c1-4(7)5-2-3-6(9)8-5/h2-4,8-9H,7H2,1H3/t4-/m0/s1. The van der Waals surface area contributed by atoms with Gasteiger partial charge in [-0.05, 0) is 19.1 Å². The van der Waals surface area contributed by atoms with Gasteiger partial charge in [0.05, 0.1) is 0 Å². The molecule has 0 spiro atoms. The summed E-state index contributed by atoms with van der Waals surface area (Å²) in [7, 11) is 0. The van der Waals surface area contributed by atoms with Crippen LogP contribution in [-0.4, -0.2) is 10.1 Å². The van der Waals surface area contributed by atoms with E-state index >= 15 is 0 Å². The summed E-state index contributed by atoms with van der Waals surface area (Å²) in [5, 5.41) is 8.79. The Balaban J connectivity index is 2.85. The van der Waals surface area contributed by atoms with Gasteiger partial charge in [0.25, 0.3) is 0 Å². The van der Waals surface area contributed by atoms with E-state index in [-0.39, 0.29) is 11.9 Å². The predicted octanol–water partition coefficient (Wildman–Crippen LogP) is 0.740. The normalized spacial score (nSPS) is 13.6. The van der Waals surface area contributed by atoms with E-state index in [0.29, 0.717) is 0 Å². The molecule has 0 fully saturated rings. The molecular formula is C6H10N2O. The fourth-order valence-corrected chi connectivity index (χ4v) is 0.666. The first-order valence-electron chi connectivity index (χ1n) is 2.83. The van der Waals surface area contributed by atoms with Crippen LogP contribution in [0.1, 0.15) is 18.7 Å². The van der Waals surface area contributed by atoms with Gasteiger partial charge in [0, 0.05) is 11.7 Å². The molecular weight excluding hydrogens is 116 g/mol. The molecule has 0 aromatic carbocycles. The number of nitrogens with two attached hydrogens (primary N) is 1. The monoisotopic (exact) mass is 126 g/mol. The van der Waals surface area contributed by atoms with Crippen molar-refractivity contribution in [3.8, 4) is 5.88 Å². The second kappa shape index (κ2) is 2.11. The molecule has 0 aliphatic heterocycles. The lowest BCUT2D eigenvalue weighted by molar-refractivity contribution is 0.454. The SMILES string of the molecule is C[C@H](N)c1ccc(O)[nH]1. The van der Waals surface area contributed by atoms with Crippen molar-refractivity contribution < 1.29 is 5.11 Å². The van der Waals surface area contributed by atoms with Gasteiger partial charge in [0.1, 0.15) is 0 Å². The Hall–Kier alpha value is -0.960. The Bertz CT molecular complexity index is 193. The van der Waals surface area contributed by atoms with Crippen LogP contribution in [0.4, 0.5) is 0 Å². The molecule has 50 valence electrons. The maximum absolute atomic E-state index is 8.79. The lowest BCUT2D eigenvalue weighted by Crippen LogP contribution is -2.04. The van der Waals surface area contributed by atoms with Crippen LogP contribution in [0.15, 0.2) is 12.1 Å². The first-order chi connectivity index (χ1) is 4.20. The van der Waals surface area contributed by atoms with Crippen LogP contribution in [0.5, 0.6) is 5.88 Å². The zero-order valence-electron chi connectivity index (χ0n) is 5.26. The van der Waals surface area contributed by atoms with Crippen molar-refractivity contribution in [3.05, 3.63) is 17.8 Å². The van der Waals surface area contributed by atoms with E-state index in [2.05, 4.69) is 4.98 Å². The van der Waals surface area contributed by atoms with Gasteiger partial charge in [-0.1, -0.05) is 0 Å². The molecule has 4 N–H and O–H groups in total. The van der Waals surface area contributed by atoms with Gasteiger partial charge in [-0.3, -0.25) is 0 Å². The van der Waals surface area contributed by atoms with Crippen molar-refractivity contribution in [2.45, 2.75) is 13.0 Å². The van der Waals surface area contributed by atoms with Crippen LogP contribution in [0.2, 0.25) is 0 Å². The second-order valence-corrected chi connectivity index (χ2v) is 2.09. The molecule has 0 amide bonds. The van der Waals surface area contributed by atoms with Crippen LogP contribution < -0.4 is 5.73 Å². The number of H-pyrrole nitrogens is 1. The first-order valence-corrected chi connectivity index (χ1v) is 2.83. The Morgan fingerprint density at radius 3 is 2.56 bits per heavy atom. The van der Waals surface area contributed by atoms with Gasteiger partial charge < -0.3 is 15.8 Å². The van der Waals surface area contributed by atoms with Crippen molar-refractivity contribution in [2.24, 2.45) is 5.73 Å². The smallest absolute Gasteiger partial charge is 0.188 e. The zero-order valence-corrected chi connectivity index (χ0v) is 5.26. The van der Waals surface area contributed by atoms with E-state index in [1.165, 1.54) is 0 Å². The molecule has 1 aromatic rings. The Kier molecular flexibility index (Phi) is 1.44. The van der Waals surface area contributed by atoms with E-state index in [1.807, 2.05) is 6.92 Å². The Labute approximate surface area is 53.5 Å². The predicted molar refractivity (Wildman–Crippen MR) is 35.1 cm³/mol. The van der Waals surface area contributed by atoms with E-state index in [0.717, 1.165) is 5.69 Å². The molecule has 1 heterocycles. The second-order valence-electron chi connectivity index (χ2n) is 2.09. The minimum atomic E-state index is -0.0362. The fourth-order valence-electron chi connectivity index (χ4n) is 0.666. The molecule has 1 aromatic heterocycles. The maximum atomic E-state index is 8.79.